The van der Waals surface area contributed by atoms with E-state index in [-0.39, 0.29) is 18.0 Å². The molecule has 0 saturated heterocycles. The second-order valence-corrected chi connectivity index (χ2v) is 5.29. The van der Waals surface area contributed by atoms with Gasteiger partial charge in [0.25, 0.3) is 5.69 Å². The van der Waals surface area contributed by atoms with Gasteiger partial charge in [-0.1, -0.05) is 12.1 Å². The van der Waals surface area contributed by atoms with Crippen LogP contribution in [0.1, 0.15) is 5.69 Å². The molecule has 3 rings (SSSR count). The van der Waals surface area contributed by atoms with Crippen molar-refractivity contribution in [1.29, 1.82) is 0 Å². The Bertz CT molecular complexity index is 940. The molecule has 0 aliphatic heterocycles. The van der Waals surface area contributed by atoms with E-state index in [1.54, 1.807) is 24.3 Å². The minimum Gasteiger partial charge on any atom is -0.399 e. The van der Waals surface area contributed by atoms with Gasteiger partial charge in [0.1, 0.15) is 0 Å². The van der Waals surface area contributed by atoms with Gasteiger partial charge in [-0.15, -0.1) is 0 Å². The van der Waals surface area contributed by atoms with Crippen molar-refractivity contribution >= 4 is 33.9 Å². The smallest absolute Gasteiger partial charge is 0.271 e. The Morgan fingerprint density at radius 1 is 1.17 bits per heavy atom. The first-order valence-corrected chi connectivity index (χ1v) is 7.21. The average Bonchev–Trinajstić information content (AvgIpc) is 2.55. The highest BCUT2D eigenvalue weighted by atomic mass is 16.6. The topological polar surface area (TPSA) is 111 Å². The third-order valence-electron chi connectivity index (χ3n) is 3.45. The van der Waals surface area contributed by atoms with Crippen molar-refractivity contribution in [2.45, 2.75) is 6.42 Å². The van der Waals surface area contributed by atoms with Gasteiger partial charge in [0.2, 0.25) is 5.91 Å². The fourth-order valence-electron chi connectivity index (χ4n) is 2.35. The minimum atomic E-state index is -0.508. The van der Waals surface area contributed by atoms with Crippen LogP contribution in [-0.2, 0) is 11.2 Å². The third kappa shape index (κ3) is 3.46. The highest BCUT2D eigenvalue weighted by molar-refractivity contribution is 5.92. The van der Waals surface area contributed by atoms with Gasteiger partial charge < -0.3 is 11.1 Å². The number of non-ortho nitro benzene ring substituents is 1. The number of nitro groups is 1. The van der Waals surface area contributed by atoms with Crippen molar-refractivity contribution in [3.05, 3.63) is 70.4 Å². The monoisotopic (exact) mass is 322 g/mol. The summed E-state index contributed by atoms with van der Waals surface area (Å²) in [6.45, 7) is 0. The molecule has 7 heteroatoms. The molecule has 0 aliphatic carbocycles. The number of rotatable bonds is 4. The molecule has 2 aromatic carbocycles. The highest BCUT2D eigenvalue weighted by Gasteiger charge is 2.10. The van der Waals surface area contributed by atoms with E-state index in [4.69, 9.17) is 5.73 Å². The largest absolute Gasteiger partial charge is 0.399 e. The van der Waals surface area contributed by atoms with E-state index in [2.05, 4.69) is 10.3 Å². The Morgan fingerprint density at radius 3 is 2.79 bits per heavy atom. The minimum absolute atomic E-state index is 0.0724. The van der Waals surface area contributed by atoms with E-state index in [0.717, 1.165) is 10.9 Å². The summed E-state index contributed by atoms with van der Waals surface area (Å²) >= 11 is 0. The molecule has 120 valence electrons. The predicted molar refractivity (Wildman–Crippen MR) is 91.6 cm³/mol. The first-order valence-electron chi connectivity index (χ1n) is 7.21. The predicted octanol–water partition coefficient (Wildman–Crippen LogP) is 2.91. The number of carbonyl (C=O) groups excluding carboxylic acids is 1. The number of nitrogens with one attached hydrogen (secondary N) is 1. The molecule has 0 bridgehead atoms. The number of pyridine rings is 1. The van der Waals surface area contributed by atoms with Crippen molar-refractivity contribution in [3.63, 3.8) is 0 Å². The number of nitrogens with zero attached hydrogens (tertiary/aromatic N) is 2. The molecule has 0 spiro atoms. The molecule has 0 saturated carbocycles. The van der Waals surface area contributed by atoms with E-state index in [1.165, 1.54) is 18.2 Å². The molecule has 0 radical (unpaired) electrons. The van der Waals surface area contributed by atoms with E-state index in [9.17, 15) is 14.9 Å². The van der Waals surface area contributed by atoms with E-state index in [0.29, 0.717) is 17.1 Å². The van der Waals surface area contributed by atoms with Crippen LogP contribution in [-0.4, -0.2) is 15.8 Å². The summed E-state index contributed by atoms with van der Waals surface area (Å²) in [6.07, 6.45) is 0.0724. The van der Waals surface area contributed by atoms with E-state index >= 15 is 0 Å². The number of carbonyl (C=O) groups is 1. The number of nitrogen functional groups attached to an aromatic ring is 1. The summed E-state index contributed by atoms with van der Waals surface area (Å²) in [5.74, 6) is -0.294. The van der Waals surface area contributed by atoms with Gasteiger partial charge in [-0.3, -0.25) is 19.9 Å². The van der Waals surface area contributed by atoms with Crippen molar-refractivity contribution in [1.82, 2.24) is 4.98 Å². The van der Waals surface area contributed by atoms with Crippen LogP contribution < -0.4 is 11.1 Å². The van der Waals surface area contributed by atoms with Crippen LogP contribution in [0, 0.1) is 10.1 Å². The van der Waals surface area contributed by atoms with Gasteiger partial charge in [0.15, 0.2) is 0 Å². The first kappa shape index (κ1) is 15.4. The summed E-state index contributed by atoms with van der Waals surface area (Å²) in [7, 11) is 0. The molecule has 0 atom stereocenters. The number of benzene rings is 2. The number of hydrogen-bond acceptors (Lipinski definition) is 5. The zero-order valence-corrected chi connectivity index (χ0v) is 12.6. The van der Waals surface area contributed by atoms with Crippen LogP contribution in [0.3, 0.4) is 0 Å². The summed E-state index contributed by atoms with van der Waals surface area (Å²) in [5, 5.41) is 14.3. The van der Waals surface area contributed by atoms with E-state index < -0.39 is 4.92 Å². The summed E-state index contributed by atoms with van der Waals surface area (Å²) < 4.78 is 0. The maximum absolute atomic E-state index is 12.1. The number of fused-ring (bicyclic) bond motifs is 1. The molecule has 3 N–H and O–H groups in total. The summed E-state index contributed by atoms with van der Waals surface area (Å²) in [6, 6.07) is 14.8. The number of amides is 1. The van der Waals surface area contributed by atoms with Gasteiger partial charge in [-0.25, -0.2) is 0 Å². The molecule has 1 aromatic heterocycles. The van der Waals surface area contributed by atoms with Gasteiger partial charge in [0, 0.05) is 28.9 Å². The quantitative estimate of drug-likeness (QED) is 0.436. The molecule has 0 fully saturated rings. The lowest BCUT2D eigenvalue weighted by Crippen LogP contribution is -2.15. The lowest BCUT2D eigenvalue weighted by atomic mass is 10.1. The van der Waals surface area contributed by atoms with Crippen LogP contribution in [0.15, 0.2) is 54.6 Å². The molecule has 0 unspecified atom stereocenters. The molecule has 7 nitrogen and oxygen atoms in total. The molecule has 3 aromatic rings. The third-order valence-corrected chi connectivity index (χ3v) is 3.45. The summed E-state index contributed by atoms with van der Waals surface area (Å²) in [4.78, 5) is 26.8. The van der Waals surface area contributed by atoms with Crippen molar-refractivity contribution < 1.29 is 9.72 Å². The van der Waals surface area contributed by atoms with Gasteiger partial charge in [-0.2, -0.15) is 0 Å². The van der Waals surface area contributed by atoms with E-state index in [1.807, 2.05) is 12.1 Å². The molecular weight excluding hydrogens is 308 g/mol. The molecular formula is C17H14N4O3. The second kappa shape index (κ2) is 6.33. The zero-order chi connectivity index (χ0) is 17.1. The molecule has 1 amide bonds. The fraction of sp³-hybridized carbons (Fsp3) is 0.0588. The van der Waals surface area contributed by atoms with Crippen LogP contribution >= 0.6 is 0 Å². The fourth-order valence-corrected chi connectivity index (χ4v) is 2.35. The lowest BCUT2D eigenvalue weighted by molar-refractivity contribution is -0.384. The lowest BCUT2D eigenvalue weighted by Gasteiger charge is -2.06. The van der Waals surface area contributed by atoms with Crippen LogP contribution in [0.2, 0.25) is 0 Å². The van der Waals surface area contributed by atoms with Gasteiger partial charge in [-0.05, 0) is 30.3 Å². The standard InChI is InChI=1S/C17H14N4O3/c18-12-5-7-16-11(8-12)4-6-14(19-16)10-17(22)20-13-2-1-3-15(9-13)21(23)24/h1-9H,10,18H2,(H,20,22). The van der Waals surface area contributed by atoms with Crippen LogP contribution in [0.4, 0.5) is 17.1 Å². The van der Waals surface area contributed by atoms with Crippen molar-refractivity contribution in [2.24, 2.45) is 0 Å². The Hall–Kier alpha value is -3.48. The number of aromatic nitrogens is 1. The Morgan fingerprint density at radius 2 is 2.00 bits per heavy atom. The molecule has 24 heavy (non-hydrogen) atoms. The van der Waals surface area contributed by atoms with Crippen LogP contribution in [0.5, 0.6) is 0 Å². The number of nitro benzene ring substituents is 1. The second-order valence-electron chi connectivity index (χ2n) is 5.29. The maximum Gasteiger partial charge on any atom is 0.271 e. The Labute approximate surface area is 137 Å². The zero-order valence-electron chi connectivity index (χ0n) is 12.6. The van der Waals surface area contributed by atoms with Crippen molar-refractivity contribution in [3.8, 4) is 0 Å². The van der Waals surface area contributed by atoms with Gasteiger partial charge in [0.05, 0.1) is 22.6 Å². The van der Waals surface area contributed by atoms with Gasteiger partial charge >= 0.3 is 0 Å². The Kier molecular flexibility index (Phi) is 4.07. The SMILES string of the molecule is Nc1ccc2nc(CC(=O)Nc3cccc([N+](=O)[O-])c3)ccc2c1. The number of nitrogens with two attached hydrogens (primary N) is 1. The van der Waals surface area contributed by atoms with Crippen LogP contribution in [0.25, 0.3) is 10.9 Å². The molecule has 1 heterocycles. The number of hydrogen-bond donors (Lipinski definition) is 2. The highest BCUT2D eigenvalue weighted by Crippen LogP contribution is 2.18. The number of anilines is 2. The normalized spacial score (nSPS) is 10.5. The average molecular weight is 322 g/mol. The van der Waals surface area contributed by atoms with Crippen molar-refractivity contribution in [2.75, 3.05) is 11.1 Å². The first-order chi connectivity index (χ1) is 11.5. The molecule has 0 aliphatic rings. The Balaban J connectivity index is 1.74. The summed E-state index contributed by atoms with van der Waals surface area (Å²) in [5.41, 5.74) is 8.04. The maximum atomic E-state index is 12.1.